The van der Waals surface area contributed by atoms with Gasteiger partial charge in [-0.05, 0) is 36.6 Å². The Kier molecular flexibility index (Phi) is 4.73. The number of likely N-dealkylation sites (tertiary alicyclic amines) is 1. The van der Waals surface area contributed by atoms with Gasteiger partial charge >= 0.3 is 5.97 Å². The summed E-state index contributed by atoms with van der Waals surface area (Å²) in [6.07, 6.45) is 1.09. The molecular weight excluding hydrogens is 344 g/mol. The van der Waals surface area contributed by atoms with Gasteiger partial charge in [0.05, 0.1) is 17.5 Å². The van der Waals surface area contributed by atoms with Gasteiger partial charge in [0.2, 0.25) is 0 Å². The molecule has 1 unspecified atom stereocenters. The molecule has 1 fully saturated rings. The number of amides is 2. The highest BCUT2D eigenvalue weighted by atomic mass is 16.7. The lowest BCUT2D eigenvalue weighted by molar-refractivity contribution is -0.169. The SMILES string of the molecule is O=C(CC1CCN(Cc2ccccc2)C1)ON1C(=O)c2ccccc2C1=O. The Labute approximate surface area is 157 Å². The molecule has 6 heteroatoms. The van der Waals surface area contributed by atoms with Gasteiger partial charge in [-0.25, -0.2) is 4.79 Å². The molecule has 138 valence electrons. The maximum atomic E-state index is 12.3. The summed E-state index contributed by atoms with van der Waals surface area (Å²) in [7, 11) is 0. The van der Waals surface area contributed by atoms with Crippen molar-refractivity contribution < 1.29 is 19.2 Å². The number of imide groups is 1. The Bertz CT molecular complexity index is 846. The van der Waals surface area contributed by atoms with E-state index >= 15 is 0 Å². The van der Waals surface area contributed by atoms with Crippen molar-refractivity contribution in [2.45, 2.75) is 19.4 Å². The zero-order valence-corrected chi connectivity index (χ0v) is 14.8. The maximum Gasteiger partial charge on any atom is 0.333 e. The minimum atomic E-state index is -0.582. The monoisotopic (exact) mass is 364 g/mol. The number of carbonyl (C=O) groups is 3. The first-order valence-electron chi connectivity index (χ1n) is 9.06. The molecule has 2 amide bonds. The van der Waals surface area contributed by atoms with Crippen molar-refractivity contribution in [2.75, 3.05) is 13.1 Å². The molecule has 1 saturated heterocycles. The second-order valence-corrected chi connectivity index (χ2v) is 6.99. The fourth-order valence-corrected chi connectivity index (χ4v) is 3.69. The molecule has 27 heavy (non-hydrogen) atoms. The topological polar surface area (TPSA) is 66.9 Å². The van der Waals surface area contributed by atoms with Crippen molar-refractivity contribution in [2.24, 2.45) is 5.92 Å². The molecule has 0 N–H and O–H groups in total. The van der Waals surface area contributed by atoms with Gasteiger partial charge < -0.3 is 4.84 Å². The fraction of sp³-hybridized carbons (Fsp3) is 0.286. The number of hydroxylamine groups is 2. The largest absolute Gasteiger partial charge is 0.333 e. The predicted molar refractivity (Wildman–Crippen MR) is 97.5 cm³/mol. The third kappa shape index (κ3) is 3.61. The van der Waals surface area contributed by atoms with Gasteiger partial charge in [0.15, 0.2) is 0 Å². The van der Waals surface area contributed by atoms with Crippen molar-refractivity contribution in [3.63, 3.8) is 0 Å². The lowest BCUT2D eigenvalue weighted by Gasteiger charge is -2.17. The molecule has 2 aromatic rings. The number of rotatable bonds is 5. The van der Waals surface area contributed by atoms with Crippen LogP contribution in [0.4, 0.5) is 0 Å². The summed E-state index contributed by atoms with van der Waals surface area (Å²) in [6.45, 7) is 2.57. The lowest BCUT2D eigenvalue weighted by atomic mass is 10.1. The van der Waals surface area contributed by atoms with Crippen molar-refractivity contribution in [3.8, 4) is 0 Å². The summed E-state index contributed by atoms with van der Waals surface area (Å²) < 4.78 is 0. The zero-order chi connectivity index (χ0) is 18.8. The zero-order valence-electron chi connectivity index (χ0n) is 14.8. The van der Waals surface area contributed by atoms with Crippen LogP contribution in [0, 0.1) is 5.92 Å². The standard InChI is InChI=1S/C21H20N2O4/c24-19(27-23-20(25)17-8-4-5-9-18(17)21(23)26)12-16-10-11-22(14-16)13-15-6-2-1-3-7-15/h1-9,16H,10-14H2. The summed E-state index contributed by atoms with van der Waals surface area (Å²) in [6, 6.07) is 16.7. The number of fused-ring (bicyclic) bond motifs is 1. The summed E-state index contributed by atoms with van der Waals surface area (Å²) in [5.74, 6) is -1.55. The molecule has 2 aliphatic rings. The van der Waals surface area contributed by atoms with Crippen LogP contribution in [-0.2, 0) is 16.2 Å². The average Bonchev–Trinajstić information content (AvgIpc) is 3.21. The van der Waals surface area contributed by atoms with Gasteiger partial charge in [-0.2, -0.15) is 0 Å². The van der Waals surface area contributed by atoms with Crippen LogP contribution in [0.25, 0.3) is 0 Å². The van der Waals surface area contributed by atoms with E-state index in [4.69, 9.17) is 4.84 Å². The Morgan fingerprint density at radius 3 is 2.26 bits per heavy atom. The van der Waals surface area contributed by atoms with E-state index in [9.17, 15) is 14.4 Å². The van der Waals surface area contributed by atoms with E-state index in [1.165, 1.54) is 5.56 Å². The van der Waals surface area contributed by atoms with E-state index in [-0.39, 0.29) is 23.5 Å². The molecule has 4 rings (SSSR count). The van der Waals surface area contributed by atoms with Crippen LogP contribution >= 0.6 is 0 Å². The highest BCUT2D eigenvalue weighted by molar-refractivity contribution is 6.20. The van der Waals surface area contributed by atoms with Crippen molar-refractivity contribution in [1.29, 1.82) is 0 Å². The van der Waals surface area contributed by atoms with Crippen LogP contribution < -0.4 is 0 Å². The minimum absolute atomic E-state index is 0.163. The molecule has 0 aliphatic carbocycles. The predicted octanol–water partition coefficient (Wildman–Crippen LogP) is 2.65. The molecule has 0 bridgehead atoms. The third-order valence-electron chi connectivity index (χ3n) is 5.02. The third-order valence-corrected chi connectivity index (χ3v) is 5.02. The number of nitrogens with zero attached hydrogens (tertiary/aromatic N) is 2. The van der Waals surface area contributed by atoms with Crippen LogP contribution in [0.1, 0.15) is 39.1 Å². The fourth-order valence-electron chi connectivity index (χ4n) is 3.69. The number of carbonyl (C=O) groups excluding carboxylic acids is 3. The first-order valence-corrected chi connectivity index (χ1v) is 9.06. The van der Waals surface area contributed by atoms with Crippen molar-refractivity contribution in [1.82, 2.24) is 9.96 Å². The summed E-state index contributed by atoms with van der Waals surface area (Å²) in [5, 5.41) is 0.587. The van der Waals surface area contributed by atoms with Gasteiger partial charge in [0.1, 0.15) is 0 Å². The molecule has 0 saturated carbocycles. The Morgan fingerprint density at radius 2 is 1.59 bits per heavy atom. The van der Waals surface area contributed by atoms with Crippen LogP contribution in [0.15, 0.2) is 54.6 Å². The van der Waals surface area contributed by atoms with Crippen LogP contribution in [-0.4, -0.2) is 40.8 Å². The molecule has 0 radical (unpaired) electrons. The van der Waals surface area contributed by atoms with Crippen LogP contribution in [0.2, 0.25) is 0 Å². The molecule has 2 heterocycles. The van der Waals surface area contributed by atoms with Crippen molar-refractivity contribution in [3.05, 3.63) is 71.3 Å². The molecule has 0 aromatic heterocycles. The van der Waals surface area contributed by atoms with E-state index in [1.54, 1.807) is 24.3 Å². The van der Waals surface area contributed by atoms with Gasteiger partial charge in [-0.1, -0.05) is 47.5 Å². The average molecular weight is 364 g/mol. The molecular formula is C21H20N2O4. The highest BCUT2D eigenvalue weighted by Gasteiger charge is 2.39. The summed E-state index contributed by atoms with van der Waals surface area (Å²) in [5.41, 5.74) is 1.78. The van der Waals surface area contributed by atoms with Gasteiger partial charge in [-0.3, -0.25) is 14.5 Å². The van der Waals surface area contributed by atoms with E-state index in [2.05, 4.69) is 17.0 Å². The normalized spacial score (nSPS) is 19.4. The van der Waals surface area contributed by atoms with Crippen LogP contribution in [0.3, 0.4) is 0 Å². The Balaban J connectivity index is 1.31. The summed E-state index contributed by atoms with van der Waals surface area (Å²) >= 11 is 0. The van der Waals surface area contributed by atoms with Crippen LogP contribution in [0.5, 0.6) is 0 Å². The van der Waals surface area contributed by atoms with E-state index in [0.29, 0.717) is 5.06 Å². The molecule has 0 spiro atoms. The second-order valence-electron chi connectivity index (χ2n) is 6.99. The minimum Gasteiger partial charge on any atom is -0.330 e. The van der Waals surface area contributed by atoms with E-state index < -0.39 is 17.8 Å². The Hall–Kier alpha value is -2.99. The molecule has 6 nitrogen and oxygen atoms in total. The molecule has 2 aliphatic heterocycles. The van der Waals surface area contributed by atoms with Gasteiger partial charge in [0.25, 0.3) is 11.8 Å². The quantitative estimate of drug-likeness (QED) is 0.763. The Morgan fingerprint density at radius 1 is 0.963 bits per heavy atom. The second kappa shape index (κ2) is 7.32. The van der Waals surface area contributed by atoms with E-state index in [0.717, 1.165) is 26.1 Å². The lowest BCUT2D eigenvalue weighted by Crippen LogP contribution is -2.33. The first-order chi connectivity index (χ1) is 13.1. The summed E-state index contributed by atoms with van der Waals surface area (Å²) in [4.78, 5) is 44.2. The molecule has 2 aromatic carbocycles. The first kappa shape index (κ1) is 17.4. The van der Waals surface area contributed by atoms with Gasteiger partial charge in [-0.15, -0.1) is 0 Å². The smallest absolute Gasteiger partial charge is 0.330 e. The number of benzene rings is 2. The highest BCUT2D eigenvalue weighted by Crippen LogP contribution is 2.25. The van der Waals surface area contributed by atoms with Crippen molar-refractivity contribution >= 4 is 17.8 Å². The van der Waals surface area contributed by atoms with E-state index in [1.807, 2.05) is 18.2 Å². The maximum absolute atomic E-state index is 12.3. The number of hydrogen-bond acceptors (Lipinski definition) is 5. The van der Waals surface area contributed by atoms with Gasteiger partial charge in [0, 0.05) is 13.1 Å². The molecule has 1 atom stereocenters. The number of hydrogen-bond donors (Lipinski definition) is 0.